The van der Waals surface area contributed by atoms with E-state index >= 15 is 0 Å². The molecular formula is C19H23NO3. The molecule has 1 amide bonds. The molecule has 1 aromatic carbocycles. The topological polar surface area (TPSA) is 51.5 Å². The highest BCUT2D eigenvalue weighted by Gasteiger charge is 2.41. The van der Waals surface area contributed by atoms with Gasteiger partial charge in [0.1, 0.15) is 5.76 Å². The Hall–Kier alpha value is -2.07. The summed E-state index contributed by atoms with van der Waals surface area (Å²) in [5.41, 5.74) is 0.586. The number of hydrogen-bond acceptors (Lipinski definition) is 3. The van der Waals surface area contributed by atoms with Crippen LogP contribution in [-0.2, 0) is 21.4 Å². The third-order valence-corrected chi connectivity index (χ3v) is 4.57. The van der Waals surface area contributed by atoms with Gasteiger partial charge in [-0.1, -0.05) is 30.3 Å². The van der Waals surface area contributed by atoms with Crippen LogP contribution in [0.15, 0.2) is 53.1 Å². The Morgan fingerprint density at radius 1 is 1.17 bits per heavy atom. The highest BCUT2D eigenvalue weighted by molar-refractivity contribution is 5.88. The fourth-order valence-corrected chi connectivity index (χ4v) is 3.27. The molecule has 2 heterocycles. The Bertz CT molecular complexity index is 615. The van der Waals surface area contributed by atoms with Gasteiger partial charge in [0.05, 0.1) is 11.7 Å². The molecule has 3 rings (SSSR count). The van der Waals surface area contributed by atoms with Crippen LogP contribution >= 0.6 is 0 Å². The van der Waals surface area contributed by atoms with Crippen molar-refractivity contribution in [2.45, 2.75) is 37.6 Å². The van der Waals surface area contributed by atoms with Gasteiger partial charge < -0.3 is 14.5 Å². The van der Waals surface area contributed by atoms with Crippen molar-refractivity contribution >= 4 is 5.91 Å². The quantitative estimate of drug-likeness (QED) is 0.923. The molecule has 1 saturated heterocycles. The van der Waals surface area contributed by atoms with Crippen LogP contribution in [0, 0.1) is 0 Å². The molecule has 0 aliphatic carbocycles. The van der Waals surface area contributed by atoms with Crippen LogP contribution in [0.2, 0.25) is 0 Å². The van der Waals surface area contributed by atoms with Crippen molar-refractivity contribution in [3.05, 3.63) is 60.1 Å². The summed E-state index contributed by atoms with van der Waals surface area (Å²) in [5, 5.41) is 3.17. The predicted octanol–water partition coefficient (Wildman–Crippen LogP) is 3.08. The third-order valence-electron chi connectivity index (χ3n) is 4.57. The van der Waals surface area contributed by atoms with E-state index in [1.807, 2.05) is 49.4 Å². The molecule has 122 valence electrons. The van der Waals surface area contributed by atoms with Crippen LogP contribution in [-0.4, -0.2) is 25.2 Å². The molecule has 0 radical (unpaired) electrons. The molecule has 4 nitrogen and oxygen atoms in total. The zero-order chi connectivity index (χ0) is 16.1. The van der Waals surface area contributed by atoms with E-state index in [1.165, 1.54) is 0 Å². The van der Waals surface area contributed by atoms with Crippen molar-refractivity contribution in [1.82, 2.24) is 5.32 Å². The molecule has 0 bridgehead atoms. The maximum atomic E-state index is 13.1. The number of nitrogens with one attached hydrogen (secondary N) is 1. The highest BCUT2D eigenvalue weighted by atomic mass is 16.5. The number of carbonyl (C=O) groups excluding carboxylic acids is 1. The molecule has 1 N–H and O–H groups in total. The number of ether oxygens (including phenoxy) is 1. The zero-order valence-corrected chi connectivity index (χ0v) is 13.5. The highest BCUT2D eigenvalue weighted by Crippen LogP contribution is 2.35. The minimum Gasteiger partial charge on any atom is -0.469 e. The lowest BCUT2D eigenvalue weighted by Crippen LogP contribution is -2.50. The van der Waals surface area contributed by atoms with E-state index in [1.54, 1.807) is 6.26 Å². The van der Waals surface area contributed by atoms with Gasteiger partial charge in [0.2, 0.25) is 5.91 Å². The van der Waals surface area contributed by atoms with Crippen molar-refractivity contribution in [1.29, 1.82) is 0 Å². The predicted molar refractivity (Wildman–Crippen MR) is 88.2 cm³/mol. The largest absolute Gasteiger partial charge is 0.469 e. The summed E-state index contributed by atoms with van der Waals surface area (Å²) in [4.78, 5) is 13.1. The molecule has 1 atom stereocenters. The van der Waals surface area contributed by atoms with Crippen LogP contribution in [0.1, 0.15) is 31.1 Å². The second-order valence-corrected chi connectivity index (χ2v) is 6.22. The number of rotatable bonds is 5. The Balaban J connectivity index is 1.75. The van der Waals surface area contributed by atoms with Crippen LogP contribution in [0.3, 0.4) is 0 Å². The minimum atomic E-state index is -0.489. The van der Waals surface area contributed by atoms with Gasteiger partial charge in [-0.05, 0) is 37.5 Å². The first-order valence-electron chi connectivity index (χ1n) is 8.17. The standard InChI is InChI=1S/C19H23NO3/c1-15(14-17-8-5-11-23-17)20-18(21)19(9-12-22-13-10-19)16-6-3-2-4-7-16/h2-8,11,15H,9-10,12-14H2,1H3,(H,20,21). The second-order valence-electron chi connectivity index (χ2n) is 6.22. The fraction of sp³-hybridized carbons (Fsp3) is 0.421. The van der Waals surface area contributed by atoms with Gasteiger partial charge in [-0.3, -0.25) is 4.79 Å². The average Bonchev–Trinajstić information content (AvgIpc) is 3.09. The Morgan fingerprint density at radius 3 is 2.57 bits per heavy atom. The van der Waals surface area contributed by atoms with Crippen LogP contribution in [0.25, 0.3) is 0 Å². The van der Waals surface area contributed by atoms with E-state index in [9.17, 15) is 4.79 Å². The lowest BCUT2D eigenvalue weighted by atomic mass is 9.73. The molecule has 2 aromatic rings. The van der Waals surface area contributed by atoms with Gasteiger partial charge in [0.25, 0.3) is 0 Å². The smallest absolute Gasteiger partial charge is 0.231 e. The lowest BCUT2D eigenvalue weighted by Gasteiger charge is -2.37. The first kappa shape index (κ1) is 15.8. The number of furan rings is 1. The van der Waals surface area contributed by atoms with Crippen molar-refractivity contribution in [3.8, 4) is 0 Å². The van der Waals surface area contributed by atoms with Crippen molar-refractivity contribution < 1.29 is 13.9 Å². The van der Waals surface area contributed by atoms with Crippen molar-refractivity contribution in [3.63, 3.8) is 0 Å². The summed E-state index contributed by atoms with van der Waals surface area (Å²) in [5.74, 6) is 0.976. The van der Waals surface area contributed by atoms with E-state index in [-0.39, 0.29) is 11.9 Å². The SMILES string of the molecule is CC(Cc1ccco1)NC(=O)C1(c2ccccc2)CCOCC1. The molecule has 0 saturated carbocycles. The van der Waals surface area contributed by atoms with Crippen molar-refractivity contribution in [2.75, 3.05) is 13.2 Å². The molecule has 1 aromatic heterocycles. The van der Waals surface area contributed by atoms with Crippen LogP contribution in [0.5, 0.6) is 0 Å². The normalized spacial score (nSPS) is 18.3. The van der Waals surface area contributed by atoms with Gasteiger partial charge in [-0.15, -0.1) is 0 Å². The van der Waals surface area contributed by atoms with Gasteiger partial charge in [0, 0.05) is 25.7 Å². The first-order valence-corrected chi connectivity index (χ1v) is 8.17. The maximum absolute atomic E-state index is 13.1. The van der Waals surface area contributed by atoms with Gasteiger partial charge in [0.15, 0.2) is 0 Å². The van der Waals surface area contributed by atoms with Crippen LogP contribution in [0.4, 0.5) is 0 Å². The molecule has 4 heteroatoms. The summed E-state index contributed by atoms with van der Waals surface area (Å²) in [6.07, 6.45) is 3.79. The van der Waals surface area contributed by atoms with E-state index in [0.29, 0.717) is 19.6 Å². The summed E-state index contributed by atoms with van der Waals surface area (Å²) in [6.45, 7) is 3.25. The minimum absolute atomic E-state index is 0.0251. The van der Waals surface area contributed by atoms with Gasteiger partial charge >= 0.3 is 0 Å². The molecule has 1 aliphatic heterocycles. The molecule has 23 heavy (non-hydrogen) atoms. The number of carbonyl (C=O) groups is 1. The number of benzene rings is 1. The maximum Gasteiger partial charge on any atom is 0.231 e. The number of amides is 1. The second kappa shape index (κ2) is 7.01. The van der Waals surface area contributed by atoms with Gasteiger partial charge in [-0.2, -0.15) is 0 Å². The fourth-order valence-electron chi connectivity index (χ4n) is 3.27. The summed E-state index contributed by atoms with van der Waals surface area (Å²) < 4.78 is 10.9. The summed E-state index contributed by atoms with van der Waals surface area (Å²) in [7, 11) is 0. The van der Waals surface area contributed by atoms with Crippen LogP contribution < -0.4 is 5.32 Å². The number of hydrogen-bond donors (Lipinski definition) is 1. The van der Waals surface area contributed by atoms with E-state index in [4.69, 9.17) is 9.15 Å². The average molecular weight is 313 g/mol. The van der Waals surface area contributed by atoms with E-state index in [0.717, 1.165) is 24.2 Å². The molecular weight excluding hydrogens is 290 g/mol. The monoisotopic (exact) mass is 313 g/mol. The lowest BCUT2D eigenvalue weighted by molar-refractivity contribution is -0.131. The molecule has 1 unspecified atom stereocenters. The van der Waals surface area contributed by atoms with E-state index < -0.39 is 5.41 Å². The van der Waals surface area contributed by atoms with Gasteiger partial charge in [-0.25, -0.2) is 0 Å². The van der Waals surface area contributed by atoms with E-state index in [2.05, 4.69) is 5.32 Å². The third kappa shape index (κ3) is 3.48. The molecule has 1 aliphatic rings. The first-order chi connectivity index (χ1) is 11.2. The van der Waals surface area contributed by atoms with Crippen molar-refractivity contribution in [2.24, 2.45) is 0 Å². The summed E-state index contributed by atoms with van der Waals surface area (Å²) >= 11 is 0. The zero-order valence-electron chi connectivity index (χ0n) is 13.5. The molecule has 0 spiro atoms. The Labute approximate surface area is 136 Å². The molecule has 1 fully saturated rings. The Kier molecular flexibility index (Phi) is 4.82. The Morgan fingerprint density at radius 2 is 1.91 bits per heavy atom. The summed E-state index contributed by atoms with van der Waals surface area (Å²) in [6, 6.07) is 13.9.